The van der Waals surface area contributed by atoms with Crippen LogP contribution in [0.25, 0.3) is 6.08 Å². The van der Waals surface area contributed by atoms with Crippen molar-refractivity contribution in [1.29, 1.82) is 0 Å². The summed E-state index contributed by atoms with van der Waals surface area (Å²) >= 11 is 6.39. The topological polar surface area (TPSA) is 133 Å². The average Bonchev–Trinajstić information content (AvgIpc) is 3.65. The van der Waals surface area contributed by atoms with Gasteiger partial charge in [-0.2, -0.15) is 5.01 Å². The van der Waals surface area contributed by atoms with Crippen molar-refractivity contribution >= 4 is 58.5 Å². The molecular formula is C48H37ClFN3O7. The van der Waals surface area contributed by atoms with Gasteiger partial charge < -0.3 is 9.84 Å². The van der Waals surface area contributed by atoms with E-state index in [2.05, 4.69) is 5.43 Å². The first-order valence-electron chi connectivity index (χ1n) is 19.5. The number of imide groups is 2. The monoisotopic (exact) mass is 821 g/mol. The van der Waals surface area contributed by atoms with Crippen LogP contribution in [0.2, 0.25) is 5.02 Å². The summed E-state index contributed by atoms with van der Waals surface area (Å²) in [6.45, 7) is 0. The number of hydrogen-bond donors (Lipinski definition) is 2. The molecule has 4 amide bonds. The highest BCUT2D eigenvalue weighted by molar-refractivity contribution is 6.30. The fraction of sp³-hybridized carbons (Fsp3) is 0.188. The molecule has 10 nitrogen and oxygen atoms in total. The highest BCUT2D eigenvalue weighted by Gasteiger charge is 2.69. The van der Waals surface area contributed by atoms with Crippen molar-refractivity contribution in [2.75, 3.05) is 17.4 Å². The number of carbonyl (C=O) groups excluding carboxylic acids is 5. The number of ketones is 1. The van der Waals surface area contributed by atoms with E-state index in [0.717, 1.165) is 10.6 Å². The lowest BCUT2D eigenvalue weighted by molar-refractivity contribution is -0.139. The second-order valence-corrected chi connectivity index (χ2v) is 15.9. The second-order valence-electron chi connectivity index (χ2n) is 15.5. The first-order chi connectivity index (χ1) is 29.0. The van der Waals surface area contributed by atoms with Gasteiger partial charge in [0.2, 0.25) is 11.8 Å². The predicted octanol–water partition coefficient (Wildman–Crippen LogP) is 8.16. The second kappa shape index (κ2) is 15.1. The first kappa shape index (κ1) is 38.7. The quantitative estimate of drug-likeness (QED) is 0.0865. The smallest absolute Gasteiger partial charge is 0.260 e. The van der Waals surface area contributed by atoms with Crippen LogP contribution in [0.15, 0.2) is 139 Å². The molecule has 60 heavy (non-hydrogen) atoms. The Labute approximate surface area is 349 Å². The molecule has 0 radical (unpaired) electrons. The molecule has 300 valence electrons. The van der Waals surface area contributed by atoms with Crippen molar-refractivity contribution in [2.24, 2.45) is 29.6 Å². The van der Waals surface area contributed by atoms with Gasteiger partial charge in [0, 0.05) is 22.1 Å². The van der Waals surface area contributed by atoms with E-state index in [1.165, 1.54) is 42.3 Å². The van der Waals surface area contributed by atoms with Gasteiger partial charge in [0.15, 0.2) is 17.3 Å². The van der Waals surface area contributed by atoms with Gasteiger partial charge in [-0.15, -0.1) is 0 Å². The molecular weight excluding hydrogens is 785 g/mol. The van der Waals surface area contributed by atoms with E-state index in [0.29, 0.717) is 38.7 Å². The number of benzene rings is 5. The molecule has 12 heteroatoms. The van der Waals surface area contributed by atoms with E-state index in [1.54, 1.807) is 91.0 Å². The fourth-order valence-corrected chi connectivity index (χ4v) is 9.81. The number of nitrogens with one attached hydrogen (secondary N) is 1. The lowest BCUT2D eigenvalue weighted by atomic mass is 9.50. The SMILES string of the molecule is COc1cc(C=CC2C3=CCC4C(=O)N(c5ccc(C(=O)c6ccccc6)cc5)C(=O)C4C3CC3C(=O)N(Nc4ccc(F)cc4)C(=O)C23c2ccc(Cl)cc2)ccc1O. The minimum atomic E-state index is -1.55. The van der Waals surface area contributed by atoms with Crippen LogP contribution in [0.5, 0.6) is 11.5 Å². The number of amides is 4. The van der Waals surface area contributed by atoms with Crippen LogP contribution in [0.1, 0.15) is 39.9 Å². The first-order valence-corrected chi connectivity index (χ1v) is 19.9. The van der Waals surface area contributed by atoms with Gasteiger partial charge in [-0.05, 0) is 103 Å². The Balaban J connectivity index is 1.14. The predicted molar refractivity (Wildman–Crippen MR) is 222 cm³/mol. The molecule has 2 N–H and O–H groups in total. The molecule has 0 spiro atoms. The Kier molecular flexibility index (Phi) is 9.71. The van der Waals surface area contributed by atoms with Crippen LogP contribution in [0.3, 0.4) is 0 Å². The summed E-state index contributed by atoms with van der Waals surface area (Å²) in [7, 11) is 1.44. The number of hydrazine groups is 1. The van der Waals surface area contributed by atoms with Crippen LogP contribution < -0.4 is 15.1 Å². The number of allylic oxidation sites excluding steroid dienone is 3. The number of anilines is 2. The van der Waals surface area contributed by atoms with E-state index in [4.69, 9.17) is 16.3 Å². The number of nitrogens with zero attached hydrogens (tertiary/aromatic N) is 2. The van der Waals surface area contributed by atoms with Crippen molar-refractivity contribution in [2.45, 2.75) is 18.3 Å². The number of halogens is 2. The van der Waals surface area contributed by atoms with E-state index in [-0.39, 0.29) is 36.0 Å². The molecule has 2 aliphatic carbocycles. The zero-order valence-corrected chi connectivity index (χ0v) is 32.9. The number of hydrogen-bond acceptors (Lipinski definition) is 8. The lowest BCUT2D eigenvalue weighted by Crippen LogP contribution is -2.54. The Morgan fingerprint density at radius 3 is 2.25 bits per heavy atom. The van der Waals surface area contributed by atoms with Crippen LogP contribution >= 0.6 is 11.6 Å². The van der Waals surface area contributed by atoms with E-state index < -0.39 is 58.5 Å². The van der Waals surface area contributed by atoms with Gasteiger partial charge in [-0.1, -0.05) is 83.9 Å². The number of rotatable bonds is 9. The Morgan fingerprint density at radius 1 is 0.850 bits per heavy atom. The number of aromatic hydroxyl groups is 1. The van der Waals surface area contributed by atoms with E-state index in [1.807, 2.05) is 18.2 Å². The maximum atomic E-state index is 15.3. The van der Waals surface area contributed by atoms with Crippen molar-refractivity contribution in [3.63, 3.8) is 0 Å². The largest absolute Gasteiger partial charge is 0.504 e. The zero-order chi connectivity index (χ0) is 41.9. The number of ether oxygens (including phenoxy) is 1. The highest BCUT2D eigenvalue weighted by Crippen LogP contribution is 2.61. The molecule has 0 bridgehead atoms. The van der Waals surface area contributed by atoms with Crippen molar-refractivity contribution in [1.82, 2.24) is 5.01 Å². The molecule has 2 aliphatic heterocycles. The summed E-state index contributed by atoms with van der Waals surface area (Å²) in [6.07, 6.45) is 5.85. The fourth-order valence-electron chi connectivity index (χ4n) is 9.68. The maximum Gasteiger partial charge on any atom is 0.260 e. The summed E-state index contributed by atoms with van der Waals surface area (Å²) in [5, 5.41) is 11.7. The summed E-state index contributed by atoms with van der Waals surface area (Å²) in [5.41, 5.74) is 4.84. The van der Waals surface area contributed by atoms with Crippen LogP contribution in [0, 0.1) is 35.4 Å². The Bertz CT molecular complexity index is 2630. The third-order valence-corrected chi connectivity index (χ3v) is 12.7. The zero-order valence-electron chi connectivity index (χ0n) is 32.1. The third kappa shape index (κ3) is 6.19. The Morgan fingerprint density at radius 2 is 1.55 bits per heavy atom. The van der Waals surface area contributed by atoms with Gasteiger partial charge in [-0.3, -0.25) is 34.3 Å². The van der Waals surface area contributed by atoms with Crippen LogP contribution in [0.4, 0.5) is 15.8 Å². The number of phenols is 1. The maximum absolute atomic E-state index is 15.3. The standard InChI is InChI=1S/C48H37ClFN3O7/c1-60-41-25-27(8-24-40(41)54)7-23-38-35-21-22-36-42(46(58)52(44(36)56)34-19-9-29(10-20-34)43(55)28-5-3-2-4-6-28)37(35)26-39-45(57)53(51-33-17-15-32(50)16-18-33)47(59)48(38,39)30-11-13-31(49)14-12-30/h2-21,23-25,36-39,42,51,54H,22,26H2,1H3. The summed E-state index contributed by atoms with van der Waals surface area (Å²) in [6, 6.07) is 32.1. The lowest BCUT2D eigenvalue weighted by Gasteiger charge is -2.49. The number of methoxy groups -OCH3 is 1. The molecule has 5 aromatic carbocycles. The number of fused-ring (bicyclic) bond motifs is 4. The van der Waals surface area contributed by atoms with Crippen molar-refractivity contribution in [3.8, 4) is 11.5 Å². The Hall–Kier alpha value is -6.85. The van der Waals surface area contributed by atoms with Crippen molar-refractivity contribution < 1.29 is 38.2 Å². The molecule has 5 aromatic rings. The summed E-state index contributed by atoms with van der Waals surface area (Å²) in [4.78, 5) is 73.5. The van der Waals surface area contributed by atoms with E-state index >= 15 is 4.79 Å². The molecule has 1 saturated carbocycles. The van der Waals surface area contributed by atoms with Crippen LogP contribution in [-0.4, -0.2) is 46.6 Å². The van der Waals surface area contributed by atoms with Gasteiger partial charge in [0.1, 0.15) is 5.82 Å². The molecule has 6 atom stereocenters. The molecule has 9 rings (SSSR count). The van der Waals surface area contributed by atoms with E-state index in [9.17, 15) is 28.7 Å². The molecule has 4 aliphatic rings. The van der Waals surface area contributed by atoms with Crippen LogP contribution in [-0.2, 0) is 24.6 Å². The van der Waals surface area contributed by atoms with Gasteiger partial charge in [0.05, 0.1) is 41.7 Å². The van der Waals surface area contributed by atoms with Gasteiger partial charge in [0.25, 0.3) is 11.8 Å². The van der Waals surface area contributed by atoms with Gasteiger partial charge in [-0.25, -0.2) is 4.39 Å². The normalized spacial score (nSPS) is 24.6. The molecule has 2 heterocycles. The van der Waals surface area contributed by atoms with Crippen molar-refractivity contribution in [3.05, 3.63) is 172 Å². The number of phenolic OH excluding ortho intramolecular Hbond substituents is 1. The summed E-state index contributed by atoms with van der Waals surface area (Å²) < 4.78 is 19.3. The number of carbonyl (C=O) groups is 5. The minimum Gasteiger partial charge on any atom is -0.504 e. The molecule has 0 aromatic heterocycles. The average molecular weight is 822 g/mol. The third-order valence-electron chi connectivity index (χ3n) is 12.4. The molecule has 6 unspecified atom stereocenters. The summed E-state index contributed by atoms with van der Waals surface area (Å²) in [5.74, 6) is -6.46. The highest BCUT2D eigenvalue weighted by atomic mass is 35.5. The minimum absolute atomic E-state index is 0.0587. The molecule has 3 fully saturated rings. The van der Waals surface area contributed by atoms with Gasteiger partial charge >= 0.3 is 0 Å². The molecule has 2 saturated heterocycles.